The highest BCUT2D eigenvalue weighted by Gasteiger charge is 2.23. The number of hydrogen-bond donors (Lipinski definition) is 1. The number of aromatic nitrogens is 7. The number of hydrogen-bond acceptors (Lipinski definition) is 8. The van der Waals surface area contributed by atoms with Crippen molar-refractivity contribution in [2.24, 2.45) is 7.05 Å². The van der Waals surface area contributed by atoms with E-state index >= 15 is 0 Å². The van der Waals surface area contributed by atoms with E-state index in [2.05, 4.69) is 41.7 Å². The lowest BCUT2D eigenvalue weighted by Crippen LogP contribution is -2.00. The highest BCUT2D eigenvalue weighted by atomic mass is 16.5. The Morgan fingerprint density at radius 1 is 0.971 bits per heavy atom. The van der Waals surface area contributed by atoms with Gasteiger partial charge in [0.25, 0.3) is 0 Å². The number of rotatable bonds is 4. The first-order valence-corrected chi connectivity index (χ1v) is 10.9. The minimum Gasteiger partial charge on any atom is -0.424 e. The fraction of sp³-hybridized carbons (Fsp3) is 0.154. The molecule has 4 aromatic heterocycles. The first-order chi connectivity index (χ1) is 17.0. The molecule has 1 aromatic carbocycles. The van der Waals surface area contributed by atoms with Crippen molar-refractivity contribution in [1.82, 2.24) is 34.5 Å². The minimum atomic E-state index is 0.296. The Bertz CT molecular complexity index is 1630. The van der Waals surface area contributed by atoms with Crippen LogP contribution < -0.4 is 10.5 Å². The molecule has 0 fully saturated rings. The van der Waals surface area contributed by atoms with E-state index in [1.165, 1.54) is 6.33 Å². The average Bonchev–Trinajstić information content (AvgIpc) is 3.13. The summed E-state index contributed by atoms with van der Waals surface area (Å²) in [6, 6.07) is 9.77. The lowest BCUT2D eigenvalue weighted by Gasteiger charge is -2.11. The monoisotopic (exact) mass is 462 g/mol. The average molecular weight is 463 g/mol. The number of anilines is 1. The first kappa shape index (κ1) is 22.0. The van der Waals surface area contributed by atoms with Gasteiger partial charge in [-0.15, -0.1) is 0 Å². The van der Waals surface area contributed by atoms with Crippen molar-refractivity contribution >= 4 is 16.9 Å². The molecule has 9 nitrogen and oxygen atoms in total. The Labute approximate surface area is 202 Å². The molecule has 0 aliphatic heterocycles. The summed E-state index contributed by atoms with van der Waals surface area (Å²) < 4.78 is 7.82. The van der Waals surface area contributed by atoms with Crippen LogP contribution in [0.15, 0.2) is 49.1 Å². The van der Waals surface area contributed by atoms with Gasteiger partial charge in [0.1, 0.15) is 23.5 Å². The van der Waals surface area contributed by atoms with Crippen molar-refractivity contribution < 1.29 is 4.74 Å². The summed E-state index contributed by atoms with van der Waals surface area (Å²) in [5.74, 6) is 7.24. The summed E-state index contributed by atoms with van der Waals surface area (Å²) in [4.78, 5) is 26.2. The van der Waals surface area contributed by atoms with E-state index in [0.717, 1.165) is 39.2 Å². The second-order valence-electron chi connectivity index (χ2n) is 7.91. The van der Waals surface area contributed by atoms with Crippen LogP contribution in [0, 0.1) is 25.7 Å². The predicted molar refractivity (Wildman–Crippen MR) is 134 cm³/mol. The van der Waals surface area contributed by atoms with Crippen molar-refractivity contribution in [2.75, 3.05) is 5.73 Å². The lowest BCUT2D eigenvalue weighted by atomic mass is 9.99. The van der Waals surface area contributed by atoms with Gasteiger partial charge in [0.2, 0.25) is 5.82 Å². The van der Waals surface area contributed by atoms with Crippen LogP contribution in [0.2, 0.25) is 0 Å². The first-order valence-electron chi connectivity index (χ1n) is 10.9. The SMILES string of the molecule is CC#Cc1ncc(-c2c(-c3ccc(Oc4nccc(C)n4)cc3)c3c(N)ncnc3n2C)c(C)n1. The summed E-state index contributed by atoms with van der Waals surface area (Å²) >= 11 is 0. The molecule has 0 saturated heterocycles. The quantitative estimate of drug-likeness (QED) is 0.394. The van der Waals surface area contributed by atoms with Gasteiger partial charge in [-0.25, -0.2) is 29.9 Å². The van der Waals surface area contributed by atoms with Crippen molar-refractivity contribution in [3.63, 3.8) is 0 Å². The Balaban J connectivity index is 1.66. The summed E-state index contributed by atoms with van der Waals surface area (Å²) in [5, 5.41) is 0.762. The topological polar surface area (TPSA) is 118 Å². The molecule has 0 saturated carbocycles. The number of fused-ring (bicyclic) bond motifs is 1. The number of aryl methyl sites for hydroxylation is 3. The van der Waals surface area contributed by atoms with Gasteiger partial charge in [-0.2, -0.15) is 0 Å². The highest BCUT2D eigenvalue weighted by Crippen LogP contribution is 2.42. The van der Waals surface area contributed by atoms with Gasteiger partial charge in [-0.05, 0) is 50.5 Å². The van der Waals surface area contributed by atoms with E-state index in [1.807, 2.05) is 55.8 Å². The van der Waals surface area contributed by atoms with Crippen LogP contribution in [0.3, 0.4) is 0 Å². The molecule has 2 N–H and O–H groups in total. The van der Waals surface area contributed by atoms with E-state index < -0.39 is 0 Å². The largest absolute Gasteiger partial charge is 0.424 e. The van der Waals surface area contributed by atoms with Crippen LogP contribution in [0.1, 0.15) is 24.1 Å². The predicted octanol–water partition coefficient (Wildman–Crippen LogP) is 4.25. The van der Waals surface area contributed by atoms with Gasteiger partial charge in [0.05, 0.1) is 16.8 Å². The third-order valence-corrected chi connectivity index (χ3v) is 5.59. The van der Waals surface area contributed by atoms with Crippen LogP contribution in [0.25, 0.3) is 33.4 Å². The Hall–Kier alpha value is -4.84. The molecule has 0 aliphatic carbocycles. The van der Waals surface area contributed by atoms with Crippen molar-refractivity contribution in [1.29, 1.82) is 0 Å². The molecule has 4 heterocycles. The summed E-state index contributed by atoms with van der Waals surface area (Å²) in [7, 11) is 1.94. The van der Waals surface area contributed by atoms with Gasteiger partial charge in [-0.3, -0.25) is 0 Å². The van der Waals surface area contributed by atoms with Gasteiger partial charge in [-0.1, -0.05) is 18.1 Å². The number of nitrogens with zero attached hydrogens (tertiary/aromatic N) is 7. The van der Waals surface area contributed by atoms with Gasteiger partial charge < -0.3 is 15.0 Å². The van der Waals surface area contributed by atoms with Gasteiger partial charge in [0, 0.05) is 36.3 Å². The Morgan fingerprint density at radius 3 is 2.49 bits per heavy atom. The van der Waals surface area contributed by atoms with E-state index in [4.69, 9.17) is 10.5 Å². The second kappa shape index (κ2) is 8.83. The standard InChI is InChI=1S/C26H22N8O/c1-5-6-20-29-13-19(16(3)33-20)23-21(22-24(27)30-14-31-25(22)34(23)4)17-7-9-18(10-8-17)35-26-28-12-11-15(2)32-26/h7-14H,1-4H3,(H2,27,30,31). The maximum atomic E-state index is 6.35. The molecular formula is C26H22N8O. The van der Waals surface area contributed by atoms with Crippen molar-refractivity contribution in [2.45, 2.75) is 20.8 Å². The van der Waals surface area contributed by atoms with E-state index in [0.29, 0.717) is 29.0 Å². The van der Waals surface area contributed by atoms with E-state index in [9.17, 15) is 0 Å². The molecule has 0 spiro atoms. The maximum Gasteiger partial charge on any atom is 0.322 e. The van der Waals surface area contributed by atoms with Gasteiger partial charge >= 0.3 is 6.01 Å². The van der Waals surface area contributed by atoms with E-state index in [-0.39, 0.29) is 0 Å². The maximum absolute atomic E-state index is 6.35. The smallest absolute Gasteiger partial charge is 0.322 e. The lowest BCUT2D eigenvalue weighted by molar-refractivity contribution is 0.440. The zero-order valence-electron chi connectivity index (χ0n) is 19.7. The summed E-state index contributed by atoms with van der Waals surface area (Å²) in [5.41, 5.74) is 12.2. The van der Waals surface area contributed by atoms with Crippen LogP contribution >= 0.6 is 0 Å². The zero-order valence-corrected chi connectivity index (χ0v) is 19.7. The molecule has 0 radical (unpaired) electrons. The molecular weight excluding hydrogens is 440 g/mol. The molecule has 35 heavy (non-hydrogen) atoms. The Kier molecular flexibility index (Phi) is 5.55. The molecule has 0 atom stereocenters. The number of benzene rings is 1. The normalized spacial score (nSPS) is 10.7. The minimum absolute atomic E-state index is 0.296. The molecule has 5 rings (SSSR count). The number of nitrogen functional groups attached to an aromatic ring is 1. The van der Waals surface area contributed by atoms with Crippen molar-refractivity contribution in [3.05, 3.63) is 66.3 Å². The van der Waals surface area contributed by atoms with E-state index in [1.54, 1.807) is 19.3 Å². The zero-order chi connectivity index (χ0) is 24.5. The van der Waals surface area contributed by atoms with Crippen LogP contribution in [0.4, 0.5) is 5.82 Å². The third-order valence-electron chi connectivity index (χ3n) is 5.59. The second-order valence-corrected chi connectivity index (χ2v) is 7.91. The van der Waals surface area contributed by atoms with Crippen LogP contribution in [0.5, 0.6) is 11.8 Å². The summed E-state index contributed by atoms with van der Waals surface area (Å²) in [6.07, 6.45) is 4.92. The molecule has 0 unspecified atom stereocenters. The highest BCUT2D eigenvalue weighted by molar-refractivity contribution is 6.07. The molecule has 0 bridgehead atoms. The fourth-order valence-corrected chi connectivity index (χ4v) is 4.01. The van der Waals surface area contributed by atoms with Crippen LogP contribution in [-0.2, 0) is 7.05 Å². The van der Waals surface area contributed by atoms with Crippen molar-refractivity contribution in [3.8, 4) is 46.0 Å². The molecule has 5 aromatic rings. The van der Waals surface area contributed by atoms with Gasteiger partial charge in [0.15, 0.2) is 0 Å². The summed E-state index contributed by atoms with van der Waals surface area (Å²) in [6.45, 7) is 5.58. The number of nitrogens with two attached hydrogens (primary N) is 1. The molecule has 0 aliphatic rings. The van der Waals surface area contributed by atoms with Crippen LogP contribution in [-0.4, -0.2) is 34.5 Å². The Morgan fingerprint density at radius 2 is 1.77 bits per heavy atom. The number of ether oxygens (including phenoxy) is 1. The molecule has 0 amide bonds. The molecule has 172 valence electrons. The molecule has 9 heteroatoms. The third kappa shape index (κ3) is 4.02. The fourth-order valence-electron chi connectivity index (χ4n) is 4.01.